The number of amides is 1. The quantitative estimate of drug-likeness (QED) is 0.860. The smallest absolute Gasteiger partial charge is 0.237 e. The first kappa shape index (κ1) is 13.0. The minimum Gasteiger partial charge on any atom is -0.325 e. The van der Waals surface area contributed by atoms with Gasteiger partial charge in [-0.05, 0) is 30.2 Å². The van der Waals surface area contributed by atoms with Crippen LogP contribution >= 0.6 is 27.7 Å². The number of hydrogen-bond acceptors (Lipinski definition) is 2. The largest absolute Gasteiger partial charge is 0.325 e. The van der Waals surface area contributed by atoms with Crippen LogP contribution in [0.4, 0.5) is 5.69 Å². The van der Waals surface area contributed by atoms with Crippen molar-refractivity contribution < 1.29 is 4.79 Å². The lowest BCUT2D eigenvalue weighted by Crippen LogP contribution is -2.27. The van der Waals surface area contributed by atoms with Crippen LogP contribution in [-0.2, 0) is 10.1 Å². The van der Waals surface area contributed by atoms with Gasteiger partial charge >= 0.3 is 0 Å². The highest BCUT2D eigenvalue weighted by molar-refractivity contribution is 9.08. The molecule has 0 radical (unpaired) electrons. The zero-order valence-corrected chi connectivity index (χ0v) is 12.0. The summed E-state index contributed by atoms with van der Waals surface area (Å²) in [4.78, 5) is 12.1. The molecule has 1 heterocycles. The Bertz CT molecular complexity index is 391. The molecular formula is C13H16BrNOS. The number of alkyl halides is 1. The van der Waals surface area contributed by atoms with Crippen LogP contribution in [0.1, 0.15) is 24.8 Å². The third kappa shape index (κ3) is 3.49. The lowest BCUT2D eigenvalue weighted by molar-refractivity contribution is -0.115. The van der Waals surface area contributed by atoms with E-state index in [0.29, 0.717) is 0 Å². The lowest BCUT2D eigenvalue weighted by Gasteiger charge is -2.21. The predicted molar refractivity (Wildman–Crippen MR) is 77.8 cm³/mol. The maximum Gasteiger partial charge on any atom is 0.237 e. The molecule has 1 amide bonds. The van der Waals surface area contributed by atoms with Crippen molar-refractivity contribution in [2.45, 2.75) is 29.8 Å². The summed E-state index contributed by atoms with van der Waals surface area (Å²) >= 11 is 5.22. The molecule has 0 saturated carbocycles. The van der Waals surface area contributed by atoms with Crippen LogP contribution in [0.25, 0.3) is 0 Å². The van der Waals surface area contributed by atoms with Crippen LogP contribution in [0.5, 0.6) is 0 Å². The Morgan fingerprint density at radius 3 is 2.94 bits per heavy atom. The molecule has 1 aromatic carbocycles. The summed E-state index contributed by atoms with van der Waals surface area (Å²) < 4.78 is 0. The molecule has 1 aliphatic rings. The van der Waals surface area contributed by atoms with E-state index in [2.05, 4.69) is 21.2 Å². The van der Waals surface area contributed by atoms with E-state index in [0.717, 1.165) is 28.8 Å². The van der Waals surface area contributed by atoms with E-state index < -0.39 is 0 Å². The fraction of sp³-hybridized carbons (Fsp3) is 0.462. The maximum absolute atomic E-state index is 12.1. The molecular weight excluding hydrogens is 298 g/mol. The van der Waals surface area contributed by atoms with Gasteiger partial charge in [-0.2, -0.15) is 0 Å². The molecule has 0 aromatic heterocycles. The van der Waals surface area contributed by atoms with E-state index >= 15 is 0 Å². The third-order valence-corrected chi connectivity index (χ3v) is 4.87. The number of anilines is 1. The zero-order valence-electron chi connectivity index (χ0n) is 9.62. The molecule has 1 N–H and O–H groups in total. The summed E-state index contributed by atoms with van der Waals surface area (Å²) in [5.41, 5.74) is 2.06. The van der Waals surface area contributed by atoms with Crippen molar-refractivity contribution in [3.05, 3.63) is 29.8 Å². The van der Waals surface area contributed by atoms with Gasteiger partial charge in [0.25, 0.3) is 0 Å². The van der Waals surface area contributed by atoms with Gasteiger partial charge in [-0.25, -0.2) is 0 Å². The summed E-state index contributed by atoms with van der Waals surface area (Å²) in [7, 11) is 0. The normalized spacial score (nSPS) is 19.9. The topological polar surface area (TPSA) is 29.1 Å². The van der Waals surface area contributed by atoms with E-state index in [1.165, 1.54) is 12.8 Å². The molecule has 1 saturated heterocycles. The Morgan fingerprint density at radius 1 is 1.41 bits per heavy atom. The van der Waals surface area contributed by atoms with Crippen LogP contribution in [0.15, 0.2) is 24.3 Å². The minimum atomic E-state index is 0.132. The van der Waals surface area contributed by atoms with Gasteiger partial charge in [0, 0.05) is 11.0 Å². The molecule has 4 heteroatoms. The van der Waals surface area contributed by atoms with Crippen molar-refractivity contribution in [3.63, 3.8) is 0 Å². The molecule has 0 aliphatic carbocycles. The van der Waals surface area contributed by atoms with Gasteiger partial charge in [0.1, 0.15) is 0 Å². The molecule has 2 nitrogen and oxygen atoms in total. The summed E-state index contributed by atoms with van der Waals surface area (Å²) in [5, 5.41) is 3.94. The van der Waals surface area contributed by atoms with Crippen LogP contribution in [0.2, 0.25) is 0 Å². The number of benzene rings is 1. The maximum atomic E-state index is 12.1. The van der Waals surface area contributed by atoms with Gasteiger partial charge in [0.2, 0.25) is 5.91 Å². The standard InChI is InChI=1S/C13H16BrNOS/c14-9-10-5-1-2-6-11(10)15-13(16)12-7-3-4-8-17-12/h1-2,5-6,12H,3-4,7-9H2,(H,15,16). The van der Waals surface area contributed by atoms with Crippen molar-refractivity contribution in [2.24, 2.45) is 0 Å². The fourth-order valence-corrected chi connectivity index (χ4v) is 3.61. The number of thioether (sulfide) groups is 1. The fourth-order valence-electron chi connectivity index (χ4n) is 1.92. The first-order chi connectivity index (χ1) is 8.31. The van der Waals surface area contributed by atoms with Gasteiger partial charge in [-0.1, -0.05) is 40.5 Å². The van der Waals surface area contributed by atoms with E-state index in [4.69, 9.17) is 0 Å². The first-order valence-corrected chi connectivity index (χ1v) is 8.04. The molecule has 0 spiro atoms. The van der Waals surface area contributed by atoms with E-state index in [-0.39, 0.29) is 11.2 Å². The van der Waals surface area contributed by atoms with Crippen LogP contribution in [0.3, 0.4) is 0 Å². The molecule has 2 rings (SSSR count). The molecule has 17 heavy (non-hydrogen) atoms. The Balaban J connectivity index is 2.01. The van der Waals surface area contributed by atoms with Crippen LogP contribution < -0.4 is 5.32 Å². The number of rotatable bonds is 3. The van der Waals surface area contributed by atoms with Crippen LogP contribution in [0, 0.1) is 0 Å². The van der Waals surface area contributed by atoms with Crippen molar-refractivity contribution in [1.82, 2.24) is 0 Å². The lowest BCUT2D eigenvalue weighted by atomic mass is 10.1. The van der Waals surface area contributed by atoms with Gasteiger partial charge < -0.3 is 5.32 Å². The van der Waals surface area contributed by atoms with Crippen molar-refractivity contribution >= 4 is 39.3 Å². The number of nitrogens with one attached hydrogen (secondary N) is 1. The second-order valence-electron chi connectivity index (χ2n) is 4.14. The zero-order chi connectivity index (χ0) is 12.1. The Morgan fingerprint density at radius 2 is 2.24 bits per heavy atom. The number of para-hydroxylation sites is 1. The Hall–Kier alpha value is -0.480. The molecule has 1 fully saturated rings. The van der Waals surface area contributed by atoms with Crippen molar-refractivity contribution in [1.29, 1.82) is 0 Å². The second-order valence-corrected chi connectivity index (χ2v) is 6.01. The molecule has 0 bridgehead atoms. The van der Waals surface area contributed by atoms with Gasteiger partial charge in [0.05, 0.1) is 5.25 Å². The summed E-state index contributed by atoms with van der Waals surface area (Å²) in [6.07, 6.45) is 3.42. The highest BCUT2D eigenvalue weighted by Crippen LogP contribution is 2.27. The number of carbonyl (C=O) groups excluding carboxylic acids is 1. The number of halogens is 1. The van der Waals surface area contributed by atoms with Crippen molar-refractivity contribution in [2.75, 3.05) is 11.1 Å². The predicted octanol–water partition coefficient (Wildman–Crippen LogP) is 3.81. The van der Waals surface area contributed by atoms with E-state index in [1.54, 1.807) is 11.8 Å². The highest BCUT2D eigenvalue weighted by atomic mass is 79.9. The molecule has 1 aliphatic heterocycles. The minimum absolute atomic E-state index is 0.132. The summed E-state index contributed by atoms with van der Waals surface area (Å²) in [6.45, 7) is 0. The molecule has 1 aromatic rings. The Kier molecular flexibility index (Phi) is 4.92. The highest BCUT2D eigenvalue weighted by Gasteiger charge is 2.22. The monoisotopic (exact) mass is 313 g/mol. The molecule has 1 atom stereocenters. The molecule has 92 valence electrons. The van der Waals surface area contributed by atoms with E-state index in [1.807, 2.05) is 24.3 Å². The third-order valence-electron chi connectivity index (χ3n) is 2.89. The summed E-state index contributed by atoms with van der Waals surface area (Å²) in [6, 6.07) is 7.93. The first-order valence-electron chi connectivity index (χ1n) is 5.87. The second kappa shape index (κ2) is 6.45. The Labute approximate surface area is 115 Å². The summed E-state index contributed by atoms with van der Waals surface area (Å²) in [5.74, 6) is 1.26. The average Bonchev–Trinajstić information content (AvgIpc) is 2.40. The van der Waals surface area contributed by atoms with Gasteiger partial charge in [-0.15, -0.1) is 11.8 Å². The van der Waals surface area contributed by atoms with E-state index in [9.17, 15) is 4.79 Å². The SMILES string of the molecule is O=C(Nc1ccccc1CBr)C1CCCCS1. The average molecular weight is 314 g/mol. The number of carbonyl (C=O) groups is 1. The molecule has 1 unspecified atom stereocenters. The number of hydrogen-bond donors (Lipinski definition) is 1. The van der Waals surface area contributed by atoms with Crippen molar-refractivity contribution in [3.8, 4) is 0 Å². The van der Waals surface area contributed by atoms with Gasteiger partial charge in [0.15, 0.2) is 0 Å². The van der Waals surface area contributed by atoms with Gasteiger partial charge in [-0.3, -0.25) is 4.79 Å². The van der Waals surface area contributed by atoms with Crippen LogP contribution in [-0.4, -0.2) is 16.9 Å².